The number of para-hydroxylation sites is 2. The molecule has 0 amide bonds. The maximum absolute atomic E-state index is 13.8. The lowest BCUT2D eigenvalue weighted by Crippen LogP contribution is -2.07. The van der Waals surface area contributed by atoms with E-state index in [4.69, 9.17) is 13.6 Å². The highest BCUT2D eigenvalue weighted by atomic mass is 31.2. The van der Waals surface area contributed by atoms with Gasteiger partial charge >= 0.3 is 7.82 Å². The van der Waals surface area contributed by atoms with Gasteiger partial charge in [0.15, 0.2) is 0 Å². The van der Waals surface area contributed by atoms with Gasteiger partial charge in [-0.3, -0.25) is 0 Å². The van der Waals surface area contributed by atoms with Crippen LogP contribution in [0.1, 0.15) is 5.56 Å². The Bertz CT molecular complexity index is 839. The molecule has 0 saturated heterocycles. The zero-order valence-electron chi connectivity index (χ0n) is 13.5. The van der Waals surface area contributed by atoms with E-state index in [2.05, 4.69) is 0 Å². The summed E-state index contributed by atoms with van der Waals surface area (Å²) < 4.78 is 43.2. The molecule has 0 unspecified atom stereocenters. The van der Waals surface area contributed by atoms with E-state index in [1.807, 2.05) is 0 Å². The number of hydrogen-bond acceptors (Lipinski definition) is 4. The lowest BCUT2D eigenvalue weighted by atomic mass is 10.2. The Morgan fingerprint density at radius 2 is 1.20 bits per heavy atom. The van der Waals surface area contributed by atoms with Gasteiger partial charge in [-0.2, -0.15) is 4.57 Å². The fourth-order valence-corrected chi connectivity index (χ4v) is 3.28. The van der Waals surface area contributed by atoms with Crippen molar-refractivity contribution in [2.24, 2.45) is 0 Å². The van der Waals surface area contributed by atoms with Crippen LogP contribution in [-0.4, -0.2) is 0 Å². The molecular weight excluding hydrogens is 342 g/mol. The molecule has 3 rings (SSSR count). The van der Waals surface area contributed by atoms with Crippen LogP contribution in [0.2, 0.25) is 0 Å². The summed E-state index contributed by atoms with van der Waals surface area (Å²) in [4.78, 5) is 0. The van der Waals surface area contributed by atoms with Crippen molar-refractivity contribution in [3.8, 4) is 17.2 Å². The number of phosphoric acid groups is 1. The molecule has 0 fully saturated rings. The SMILES string of the molecule is Cc1ccc(OP(=O)(Oc2ccccc2)Oc2ccccc2)cc1F. The van der Waals surface area contributed by atoms with Crippen molar-refractivity contribution in [2.75, 3.05) is 0 Å². The molecule has 0 heterocycles. The average Bonchev–Trinajstić information content (AvgIpc) is 2.60. The van der Waals surface area contributed by atoms with Crippen LogP contribution < -0.4 is 13.6 Å². The number of rotatable bonds is 6. The minimum absolute atomic E-state index is 0.0540. The second-order valence-electron chi connectivity index (χ2n) is 5.26. The molecule has 3 aromatic carbocycles. The van der Waals surface area contributed by atoms with Crippen LogP contribution in [0, 0.1) is 12.7 Å². The van der Waals surface area contributed by atoms with Crippen LogP contribution in [0.25, 0.3) is 0 Å². The first-order valence-corrected chi connectivity index (χ1v) is 9.05. The van der Waals surface area contributed by atoms with Gasteiger partial charge in [-0.15, -0.1) is 0 Å². The Kier molecular flexibility index (Phi) is 5.05. The third-order valence-electron chi connectivity index (χ3n) is 3.28. The van der Waals surface area contributed by atoms with Crippen LogP contribution in [0.15, 0.2) is 78.9 Å². The monoisotopic (exact) mass is 358 g/mol. The first kappa shape index (κ1) is 17.1. The Balaban J connectivity index is 1.90. The second kappa shape index (κ2) is 7.41. The van der Waals surface area contributed by atoms with Gasteiger partial charge in [0, 0.05) is 6.07 Å². The number of halogens is 1. The minimum atomic E-state index is -4.09. The molecule has 0 saturated carbocycles. The second-order valence-corrected chi connectivity index (χ2v) is 6.70. The maximum Gasteiger partial charge on any atom is 0.647 e. The lowest BCUT2D eigenvalue weighted by molar-refractivity contribution is 0.298. The van der Waals surface area contributed by atoms with E-state index < -0.39 is 13.6 Å². The number of benzene rings is 3. The molecule has 6 heteroatoms. The van der Waals surface area contributed by atoms with E-state index in [1.165, 1.54) is 12.1 Å². The van der Waals surface area contributed by atoms with Crippen molar-refractivity contribution < 1.29 is 22.5 Å². The van der Waals surface area contributed by atoms with Crippen LogP contribution >= 0.6 is 7.82 Å². The van der Waals surface area contributed by atoms with E-state index >= 15 is 0 Å². The van der Waals surface area contributed by atoms with Crippen molar-refractivity contribution in [3.05, 3.63) is 90.2 Å². The number of hydrogen-bond donors (Lipinski definition) is 0. The van der Waals surface area contributed by atoms with Crippen molar-refractivity contribution in [1.29, 1.82) is 0 Å². The number of aryl methyl sites for hydroxylation is 1. The summed E-state index contributed by atoms with van der Waals surface area (Å²) in [7, 11) is -4.09. The summed E-state index contributed by atoms with van der Waals surface area (Å²) in [6, 6.07) is 21.2. The van der Waals surface area contributed by atoms with Gasteiger partial charge < -0.3 is 13.6 Å². The molecule has 0 aliphatic heterocycles. The third-order valence-corrected chi connectivity index (χ3v) is 4.58. The molecule has 0 aliphatic rings. The molecule has 0 aliphatic carbocycles. The first-order valence-electron chi connectivity index (χ1n) is 7.59. The van der Waals surface area contributed by atoms with Gasteiger partial charge in [0.1, 0.15) is 23.1 Å². The molecule has 0 bridgehead atoms. The molecule has 0 spiro atoms. The topological polar surface area (TPSA) is 44.8 Å². The van der Waals surface area contributed by atoms with Crippen LogP contribution in [0.4, 0.5) is 4.39 Å². The molecule has 3 aromatic rings. The zero-order chi connectivity index (χ0) is 17.7. The van der Waals surface area contributed by atoms with Crippen molar-refractivity contribution >= 4 is 7.82 Å². The third kappa shape index (κ3) is 4.61. The summed E-state index contributed by atoms with van der Waals surface area (Å²) in [5, 5.41) is 0. The highest BCUT2D eigenvalue weighted by Gasteiger charge is 2.33. The van der Waals surface area contributed by atoms with E-state index in [0.717, 1.165) is 6.07 Å². The molecule has 0 N–H and O–H groups in total. The smallest absolute Gasteiger partial charge is 0.386 e. The zero-order valence-corrected chi connectivity index (χ0v) is 14.4. The van der Waals surface area contributed by atoms with Crippen LogP contribution in [0.3, 0.4) is 0 Å². The minimum Gasteiger partial charge on any atom is -0.386 e. The van der Waals surface area contributed by atoms with Gasteiger partial charge in [-0.25, -0.2) is 4.39 Å². The van der Waals surface area contributed by atoms with Gasteiger partial charge in [0.2, 0.25) is 0 Å². The van der Waals surface area contributed by atoms with E-state index in [0.29, 0.717) is 17.1 Å². The fourth-order valence-electron chi connectivity index (χ4n) is 2.04. The highest BCUT2D eigenvalue weighted by molar-refractivity contribution is 7.49. The fraction of sp³-hybridized carbons (Fsp3) is 0.0526. The molecule has 0 atom stereocenters. The van der Waals surface area contributed by atoms with Crippen LogP contribution in [0.5, 0.6) is 17.2 Å². The molecule has 25 heavy (non-hydrogen) atoms. The highest BCUT2D eigenvalue weighted by Crippen LogP contribution is 2.49. The van der Waals surface area contributed by atoms with Crippen molar-refractivity contribution in [1.82, 2.24) is 0 Å². The maximum atomic E-state index is 13.8. The van der Waals surface area contributed by atoms with E-state index in [-0.39, 0.29) is 5.75 Å². The largest absolute Gasteiger partial charge is 0.647 e. The Morgan fingerprint density at radius 1 is 0.720 bits per heavy atom. The van der Waals surface area contributed by atoms with Gasteiger partial charge in [-0.1, -0.05) is 42.5 Å². The van der Waals surface area contributed by atoms with Crippen molar-refractivity contribution in [2.45, 2.75) is 6.92 Å². The standard InChI is InChI=1S/C19H16FO4P/c1-15-12-13-18(14-19(15)20)24-25(21,22-16-8-4-2-5-9-16)23-17-10-6-3-7-11-17/h2-14H,1H3. The van der Waals surface area contributed by atoms with E-state index in [1.54, 1.807) is 67.6 Å². The quantitative estimate of drug-likeness (QED) is 0.524. The molecule has 128 valence electrons. The summed E-state index contributed by atoms with van der Waals surface area (Å²) >= 11 is 0. The van der Waals surface area contributed by atoms with Crippen LogP contribution in [-0.2, 0) is 4.57 Å². The molecule has 4 nitrogen and oxygen atoms in total. The van der Waals surface area contributed by atoms with E-state index in [9.17, 15) is 8.96 Å². The molecule has 0 aromatic heterocycles. The number of phosphoric ester groups is 1. The average molecular weight is 358 g/mol. The summed E-state index contributed by atoms with van der Waals surface area (Å²) in [5.74, 6) is 0.213. The summed E-state index contributed by atoms with van der Waals surface area (Å²) in [6.07, 6.45) is 0. The Hall–Kier alpha value is -2.78. The Morgan fingerprint density at radius 3 is 1.68 bits per heavy atom. The van der Waals surface area contributed by atoms with Gasteiger partial charge in [0.05, 0.1) is 0 Å². The summed E-state index contributed by atoms with van der Waals surface area (Å²) in [5.41, 5.74) is 0.454. The van der Waals surface area contributed by atoms with Gasteiger partial charge in [-0.05, 0) is 42.8 Å². The predicted molar refractivity (Wildman–Crippen MR) is 93.5 cm³/mol. The van der Waals surface area contributed by atoms with Crippen molar-refractivity contribution in [3.63, 3.8) is 0 Å². The summed E-state index contributed by atoms with van der Waals surface area (Å²) in [6.45, 7) is 1.62. The Labute approximate surface area is 145 Å². The lowest BCUT2D eigenvalue weighted by Gasteiger charge is -2.19. The molecule has 0 radical (unpaired) electrons. The predicted octanol–water partition coefficient (Wildman–Crippen LogP) is 5.78. The molecular formula is C19H16FO4P. The normalized spacial score (nSPS) is 11.0. The first-order chi connectivity index (χ1) is 12.0. The van der Waals surface area contributed by atoms with Gasteiger partial charge in [0.25, 0.3) is 0 Å².